The number of amides is 2. The molecule has 1 atom stereocenters. The zero-order valence-corrected chi connectivity index (χ0v) is 12.9. The maximum absolute atomic E-state index is 11.3. The molecule has 6 nitrogen and oxygen atoms in total. The van der Waals surface area contributed by atoms with E-state index in [0.717, 1.165) is 30.6 Å². The minimum atomic E-state index is -0.220. The van der Waals surface area contributed by atoms with Crippen molar-refractivity contribution in [3.63, 3.8) is 0 Å². The largest absolute Gasteiger partial charge is 0.375 e. The summed E-state index contributed by atoms with van der Waals surface area (Å²) >= 11 is 0. The van der Waals surface area contributed by atoms with Gasteiger partial charge < -0.3 is 20.7 Å². The van der Waals surface area contributed by atoms with Crippen LogP contribution >= 0.6 is 0 Å². The maximum atomic E-state index is 11.3. The molecule has 120 valence electrons. The van der Waals surface area contributed by atoms with Gasteiger partial charge in [-0.25, -0.2) is 0 Å². The van der Waals surface area contributed by atoms with E-state index >= 15 is 0 Å². The van der Waals surface area contributed by atoms with Crippen molar-refractivity contribution in [1.29, 1.82) is 0 Å². The summed E-state index contributed by atoms with van der Waals surface area (Å²) < 4.78 is 4.76. The lowest BCUT2D eigenvalue weighted by Gasteiger charge is -2.33. The van der Waals surface area contributed by atoms with Gasteiger partial charge in [0.05, 0.1) is 5.92 Å². The van der Waals surface area contributed by atoms with E-state index in [1.807, 2.05) is 24.3 Å². The molecule has 1 aromatic carbocycles. The highest BCUT2D eigenvalue weighted by atomic mass is 16.5. The first-order valence-corrected chi connectivity index (χ1v) is 7.49. The van der Waals surface area contributed by atoms with Crippen LogP contribution in [0.15, 0.2) is 24.3 Å². The van der Waals surface area contributed by atoms with Crippen molar-refractivity contribution in [2.75, 3.05) is 31.7 Å². The number of hydrogen-bond donors (Lipinski definition) is 2. The monoisotopic (exact) mass is 305 g/mol. The van der Waals surface area contributed by atoms with Gasteiger partial charge in [-0.1, -0.05) is 12.1 Å². The Balaban J connectivity index is 1.91. The molecule has 0 saturated carbocycles. The van der Waals surface area contributed by atoms with Crippen molar-refractivity contribution in [3.05, 3.63) is 29.8 Å². The molecule has 22 heavy (non-hydrogen) atoms. The van der Waals surface area contributed by atoms with Crippen LogP contribution in [0.1, 0.15) is 18.4 Å². The van der Waals surface area contributed by atoms with Gasteiger partial charge in [-0.2, -0.15) is 0 Å². The molecule has 0 radical (unpaired) electrons. The van der Waals surface area contributed by atoms with Gasteiger partial charge in [0.25, 0.3) is 0 Å². The van der Waals surface area contributed by atoms with E-state index in [4.69, 9.17) is 10.5 Å². The standard InChI is InChI=1S/C16H23N3O3/c1-22-11-15(20)18-9-12-4-6-14(7-5-12)19-8-2-3-13(10-19)16(17)21/h4-7,13H,2-3,8-11H2,1H3,(H2,17,21)(H,18,20)/t13-/m1/s1. The first-order chi connectivity index (χ1) is 10.6. The third kappa shape index (κ3) is 4.46. The number of ether oxygens (including phenoxy) is 1. The first kappa shape index (κ1) is 16.3. The summed E-state index contributed by atoms with van der Waals surface area (Å²) in [5, 5.41) is 2.78. The highest BCUT2D eigenvalue weighted by Crippen LogP contribution is 2.23. The lowest BCUT2D eigenvalue weighted by Crippen LogP contribution is -2.41. The van der Waals surface area contributed by atoms with Gasteiger partial charge in [0, 0.05) is 32.4 Å². The van der Waals surface area contributed by atoms with Gasteiger partial charge in [0.1, 0.15) is 6.61 Å². The van der Waals surface area contributed by atoms with E-state index in [1.165, 1.54) is 7.11 Å². The van der Waals surface area contributed by atoms with Gasteiger partial charge in [-0.05, 0) is 30.5 Å². The van der Waals surface area contributed by atoms with Gasteiger partial charge >= 0.3 is 0 Å². The van der Waals surface area contributed by atoms with Crippen LogP contribution in [0.2, 0.25) is 0 Å². The Morgan fingerprint density at radius 2 is 2.09 bits per heavy atom. The van der Waals surface area contributed by atoms with E-state index in [9.17, 15) is 9.59 Å². The summed E-state index contributed by atoms with van der Waals surface area (Å²) in [6.07, 6.45) is 1.85. The predicted octanol–water partition coefficient (Wildman–Crippen LogP) is 0.651. The van der Waals surface area contributed by atoms with Crippen LogP contribution in [0.25, 0.3) is 0 Å². The van der Waals surface area contributed by atoms with Crippen molar-refractivity contribution in [3.8, 4) is 0 Å². The summed E-state index contributed by atoms with van der Waals surface area (Å²) in [7, 11) is 1.49. The molecule has 0 aliphatic carbocycles. The molecule has 1 heterocycles. The first-order valence-electron chi connectivity index (χ1n) is 7.49. The number of piperidine rings is 1. The number of benzene rings is 1. The zero-order chi connectivity index (χ0) is 15.9. The number of nitrogens with one attached hydrogen (secondary N) is 1. The van der Waals surface area contributed by atoms with Crippen molar-refractivity contribution in [2.24, 2.45) is 11.7 Å². The molecule has 0 unspecified atom stereocenters. The molecule has 3 N–H and O–H groups in total. The molecule has 6 heteroatoms. The normalized spacial score (nSPS) is 18.0. The average molecular weight is 305 g/mol. The highest BCUT2D eigenvalue weighted by Gasteiger charge is 2.23. The van der Waals surface area contributed by atoms with E-state index < -0.39 is 0 Å². The molecule has 2 amide bonds. The zero-order valence-electron chi connectivity index (χ0n) is 12.9. The number of hydrogen-bond acceptors (Lipinski definition) is 4. The molecule has 0 aromatic heterocycles. The smallest absolute Gasteiger partial charge is 0.246 e. The quantitative estimate of drug-likeness (QED) is 0.808. The van der Waals surface area contributed by atoms with Crippen molar-refractivity contribution in [1.82, 2.24) is 5.32 Å². The van der Waals surface area contributed by atoms with E-state index in [-0.39, 0.29) is 24.3 Å². The van der Waals surface area contributed by atoms with Gasteiger partial charge in [0.2, 0.25) is 11.8 Å². The second-order valence-corrected chi connectivity index (χ2v) is 5.56. The molecule has 0 bridgehead atoms. The molecule has 1 aliphatic heterocycles. The molecule has 2 rings (SSSR count). The predicted molar refractivity (Wildman–Crippen MR) is 84.3 cm³/mol. The number of nitrogens with zero attached hydrogens (tertiary/aromatic N) is 1. The molecule has 1 saturated heterocycles. The second-order valence-electron chi connectivity index (χ2n) is 5.56. The number of anilines is 1. The molecule has 1 aliphatic rings. The maximum Gasteiger partial charge on any atom is 0.246 e. The topological polar surface area (TPSA) is 84.7 Å². The molecular formula is C16H23N3O3. The Hall–Kier alpha value is -2.08. The summed E-state index contributed by atoms with van der Waals surface area (Å²) in [5.74, 6) is -0.421. The number of nitrogens with two attached hydrogens (primary N) is 1. The van der Waals surface area contributed by atoms with Gasteiger partial charge in [-0.15, -0.1) is 0 Å². The average Bonchev–Trinajstić information content (AvgIpc) is 2.54. The van der Waals surface area contributed by atoms with Gasteiger partial charge in [-0.3, -0.25) is 9.59 Å². The minimum Gasteiger partial charge on any atom is -0.375 e. The number of methoxy groups -OCH3 is 1. The third-order valence-corrected chi connectivity index (χ3v) is 3.89. The fourth-order valence-electron chi connectivity index (χ4n) is 2.65. The molecular weight excluding hydrogens is 282 g/mol. The Kier molecular flexibility index (Phi) is 5.77. The van der Waals surface area contributed by atoms with Crippen LogP contribution in [0.4, 0.5) is 5.69 Å². The van der Waals surface area contributed by atoms with E-state index in [0.29, 0.717) is 13.1 Å². The Morgan fingerprint density at radius 3 is 2.73 bits per heavy atom. The van der Waals surface area contributed by atoms with E-state index in [1.54, 1.807) is 0 Å². The van der Waals surface area contributed by atoms with Crippen LogP contribution < -0.4 is 16.0 Å². The number of rotatable bonds is 6. The van der Waals surface area contributed by atoms with Crippen molar-refractivity contribution in [2.45, 2.75) is 19.4 Å². The van der Waals surface area contributed by atoms with Crippen molar-refractivity contribution < 1.29 is 14.3 Å². The number of primary amides is 1. The Labute approximate surface area is 130 Å². The van der Waals surface area contributed by atoms with Crippen LogP contribution in [-0.4, -0.2) is 38.6 Å². The van der Waals surface area contributed by atoms with Crippen molar-refractivity contribution >= 4 is 17.5 Å². The van der Waals surface area contributed by atoms with Crippen LogP contribution in [0.3, 0.4) is 0 Å². The SMILES string of the molecule is COCC(=O)NCc1ccc(N2CCC[C@@H](C(N)=O)C2)cc1. The number of carbonyl (C=O) groups is 2. The Bertz CT molecular complexity index is 516. The molecule has 0 spiro atoms. The summed E-state index contributed by atoms with van der Waals surface area (Å²) in [5.41, 5.74) is 7.51. The molecule has 1 aromatic rings. The van der Waals surface area contributed by atoms with E-state index in [2.05, 4.69) is 10.2 Å². The highest BCUT2D eigenvalue weighted by molar-refractivity contribution is 5.78. The fraction of sp³-hybridized carbons (Fsp3) is 0.500. The summed E-state index contributed by atoms with van der Waals surface area (Å²) in [4.78, 5) is 24.9. The van der Waals surface area contributed by atoms with Gasteiger partial charge in [0.15, 0.2) is 0 Å². The Morgan fingerprint density at radius 1 is 1.36 bits per heavy atom. The lowest BCUT2D eigenvalue weighted by molar-refractivity contribution is -0.125. The molecule has 1 fully saturated rings. The van der Waals surface area contributed by atoms with Crippen LogP contribution in [0, 0.1) is 5.92 Å². The van der Waals surface area contributed by atoms with Crippen LogP contribution in [0.5, 0.6) is 0 Å². The lowest BCUT2D eigenvalue weighted by atomic mass is 9.97. The third-order valence-electron chi connectivity index (χ3n) is 3.89. The summed E-state index contributed by atoms with van der Waals surface area (Å²) in [6, 6.07) is 7.99. The minimum absolute atomic E-state index is 0.0678. The number of carbonyl (C=O) groups excluding carboxylic acids is 2. The summed E-state index contributed by atoms with van der Waals surface area (Å²) in [6.45, 7) is 2.17. The van der Waals surface area contributed by atoms with Crippen LogP contribution in [-0.2, 0) is 20.9 Å². The fourth-order valence-corrected chi connectivity index (χ4v) is 2.65. The second kappa shape index (κ2) is 7.79.